The van der Waals surface area contributed by atoms with E-state index in [2.05, 4.69) is 73.7 Å². The van der Waals surface area contributed by atoms with Crippen molar-refractivity contribution in [2.45, 2.75) is 19.4 Å². The molecule has 0 saturated carbocycles. The molecule has 1 unspecified atom stereocenters. The molecule has 0 fully saturated rings. The number of fused-ring (bicyclic) bond motifs is 1. The summed E-state index contributed by atoms with van der Waals surface area (Å²) < 4.78 is 0. The fourth-order valence-electron chi connectivity index (χ4n) is 3.57. The lowest BCUT2D eigenvalue weighted by molar-refractivity contribution is 0.282. The van der Waals surface area contributed by atoms with Crippen molar-refractivity contribution in [2.24, 2.45) is 0 Å². The summed E-state index contributed by atoms with van der Waals surface area (Å²) in [5.74, 6) is 0.335. The van der Waals surface area contributed by atoms with Crippen LogP contribution >= 0.6 is 0 Å². The first-order valence-electron chi connectivity index (χ1n) is 8.35. The molecule has 118 valence electrons. The van der Waals surface area contributed by atoms with Gasteiger partial charge in [0.15, 0.2) is 0 Å². The number of aliphatic hydroxyl groups excluding tert-OH is 1. The van der Waals surface area contributed by atoms with Crippen LogP contribution in [0.4, 0.5) is 0 Å². The second-order valence-electron chi connectivity index (χ2n) is 6.38. The molecule has 0 aliphatic heterocycles. The van der Waals surface area contributed by atoms with E-state index in [1.54, 1.807) is 0 Å². The minimum absolute atomic E-state index is 0.0792. The van der Waals surface area contributed by atoms with Crippen LogP contribution in [0.2, 0.25) is 0 Å². The van der Waals surface area contributed by atoms with Gasteiger partial charge in [-0.3, -0.25) is 0 Å². The van der Waals surface area contributed by atoms with Crippen molar-refractivity contribution < 1.29 is 5.11 Å². The fourth-order valence-corrected chi connectivity index (χ4v) is 3.57. The maximum absolute atomic E-state index is 9.32. The summed E-state index contributed by atoms with van der Waals surface area (Å²) in [4.78, 5) is 0. The van der Waals surface area contributed by atoms with Crippen molar-refractivity contribution >= 4 is 10.8 Å². The summed E-state index contributed by atoms with van der Waals surface area (Å²) in [7, 11) is 0. The van der Waals surface area contributed by atoms with Crippen molar-refractivity contribution in [2.75, 3.05) is 0 Å². The van der Waals surface area contributed by atoms with Gasteiger partial charge in [0, 0.05) is 5.92 Å². The second kappa shape index (κ2) is 6.10. The Morgan fingerprint density at radius 2 is 1.71 bits per heavy atom. The number of benzene rings is 3. The van der Waals surface area contributed by atoms with E-state index in [-0.39, 0.29) is 6.61 Å². The molecule has 0 spiro atoms. The van der Waals surface area contributed by atoms with Gasteiger partial charge in [-0.05, 0) is 39.9 Å². The lowest BCUT2D eigenvalue weighted by atomic mass is 9.85. The molecule has 3 aromatic rings. The topological polar surface area (TPSA) is 20.2 Å². The molecule has 3 aromatic carbocycles. The molecule has 0 heterocycles. The van der Waals surface area contributed by atoms with Crippen LogP contribution in [0.25, 0.3) is 21.9 Å². The van der Waals surface area contributed by atoms with Crippen LogP contribution in [0, 0.1) is 0 Å². The van der Waals surface area contributed by atoms with Gasteiger partial charge in [-0.1, -0.05) is 84.5 Å². The number of hydrogen-bond donors (Lipinski definition) is 1. The first kappa shape index (κ1) is 14.9. The van der Waals surface area contributed by atoms with Crippen molar-refractivity contribution in [1.82, 2.24) is 0 Å². The lowest BCUT2D eigenvalue weighted by Gasteiger charge is -2.19. The predicted molar refractivity (Wildman–Crippen MR) is 101 cm³/mol. The highest BCUT2D eigenvalue weighted by molar-refractivity contribution is 5.99. The zero-order chi connectivity index (χ0) is 16.5. The third-order valence-electron chi connectivity index (χ3n) is 4.87. The van der Waals surface area contributed by atoms with Crippen LogP contribution in [0.5, 0.6) is 0 Å². The zero-order valence-corrected chi connectivity index (χ0v) is 13.7. The highest BCUT2D eigenvalue weighted by Gasteiger charge is 2.19. The number of allylic oxidation sites excluding steroid dienone is 4. The minimum atomic E-state index is 0.0792. The summed E-state index contributed by atoms with van der Waals surface area (Å²) in [5, 5.41) is 11.8. The Morgan fingerprint density at radius 1 is 0.917 bits per heavy atom. The van der Waals surface area contributed by atoms with E-state index < -0.39 is 0 Å². The Balaban J connectivity index is 1.98. The maximum atomic E-state index is 9.32. The van der Waals surface area contributed by atoms with E-state index in [9.17, 15) is 5.11 Å². The molecule has 0 aromatic heterocycles. The Kier molecular flexibility index (Phi) is 3.79. The van der Waals surface area contributed by atoms with Crippen LogP contribution in [-0.4, -0.2) is 5.11 Å². The van der Waals surface area contributed by atoms with Crippen LogP contribution in [0.3, 0.4) is 0 Å². The van der Waals surface area contributed by atoms with Gasteiger partial charge >= 0.3 is 0 Å². The first-order valence-corrected chi connectivity index (χ1v) is 8.35. The molecule has 1 aliphatic carbocycles. The predicted octanol–water partition coefficient (Wildman–Crippen LogP) is 5.60. The molecule has 0 amide bonds. The van der Waals surface area contributed by atoms with E-state index in [4.69, 9.17) is 0 Å². The molecule has 1 aliphatic rings. The van der Waals surface area contributed by atoms with Crippen LogP contribution in [0.1, 0.15) is 24.0 Å². The third kappa shape index (κ3) is 2.47. The smallest absolute Gasteiger partial charge is 0.0681 e. The summed E-state index contributed by atoms with van der Waals surface area (Å²) in [5.41, 5.74) is 6.15. The van der Waals surface area contributed by atoms with Gasteiger partial charge in [0.25, 0.3) is 0 Å². The minimum Gasteiger partial charge on any atom is -0.392 e. The number of aliphatic hydroxyl groups is 1. The normalized spacial score (nSPS) is 16.6. The lowest BCUT2D eigenvalue weighted by Crippen LogP contribution is -1.99. The van der Waals surface area contributed by atoms with Gasteiger partial charge < -0.3 is 5.11 Å². The van der Waals surface area contributed by atoms with Gasteiger partial charge in [-0.15, -0.1) is 0 Å². The van der Waals surface area contributed by atoms with Gasteiger partial charge in [0.1, 0.15) is 0 Å². The van der Waals surface area contributed by atoms with Crippen LogP contribution in [0.15, 0.2) is 84.5 Å². The molecule has 0 saturated heterocycles. The quantitative estimate of drug-likeness (QED) is 0.667. The van der Waals surface area contributed by atoms with Crippen LogP contribution < -0.4 is 0 Å². The van der Waals surface area contributed by atoms with Gasteiger partial charge in [-0.2, -0.15) is 0 Å². The van der Waals surface area contributed by atoms with E-state index in [1.807, 2.05) is 12.1 Å². The molecule has 1 N–H and O–H groups in total. The number of rotatable bonds is 3. The summed E-state index contributed by atoms with van der Waals surface area (Å²) in [6.07, 6.45) is 6.61. The summed E-state index contributed by atoms with van der Waals surface area (Å²) in [6, 6.07) is 21.3. The first-order chi connectivity index (χ1) is 11.8. The van der Waals surface area contributed by atoms with Crippen molar-refractivity contribution in [3.8, 4) is 11.1 Å². The highest BCUT2D eigenvalue weighted by atomic mass is 16.3. The Hall–Kier alpha value is -2.64. The molecule has 4 rings (SSSR count). The number of hydrogen-bond acceptors (Lipinski definition) is 1. The molecule has 0 bridgehead atoms. The molecule has 0 radical (unpaired) electrons. The molecule has 1 atom stereocenters. The Bertz CT molecular complexity index is 945. The van der Waals surface area contributed by atoms with Crippen LogP contribution in [-0.2, 0) is 6.61 Å². The third-order valence-corrected chi connectivity index (χ3v) is 4.87. The fraction of sp³-hybridized carbons (Fsp3) is 0.130. The van der Waals surface area contributed by atoms with E-state index >= 15 is 0 Å². The molecule has 1 heteroatoms. The summed E-state index contributed by atoms with van der Waals surface area (Å²) in [6.45, 7) is 2.27. The van der Waals surface area contributed by atoms with E-state index in [1.165, 1.54) is 33.0 Å². The van der Waals surface area contributed by atoms with Gasteiger partial charge in [-0.25, -0.2) is 0 Å². The SMILES string of the molecule is CC1=CC=CC1c1ccc2ccccc2c1-c1ccc(CO)cc1. The average Bonchev–Trinajstić information content (AvgIpc) is 3.06. The maximum Gasteiger partial charge on any atom is 0.0681 e. The Labute approximate surface area is 142 Å². The Morgan fingerprint density at radius 3 is 2.42 bits per heavy atom. The standard InChI is InChI=1S/C23H20O/c1-16-5-4-8-20(16)22-14-13-18-6-2-3-7-21(18)23(22)19-11-9-17(15-24)10-12-19/h2-14,20,24H,15H2,1H3. The molecule has 1 nitrogen and oxygen atoms in total. The molecular weight excluding hydrogens is 292 g/mol. The van der Waals surface area contributed by atoms with Crippen molar-refractivity contribution in [3.63, 3.8) is 0 Å². The molecule has 24 heavy (non-hydrogen) atoms. The van der Waals surface area contributed by atoms with Crippen molar-refractivity contribution in [1.29, 1.82) is 0 Å². The van der Waals surface area contributed by atoms with E-state index in [0.717, 1.165) is 5.56 Å². The van der Waals surface area contributed by atoms with Gasteiger partial charge in [0.2, 0.25) is 0 Å². The molecular formula is C23H20O. The average molecular weight is 312 g/mol. The second-order valence-corrected chi connectivity index (χ2v) is 6.38. The largest absolute Gasteiger partial charge is 0.392 e. The van der Waals surface area contributed by atoms with E-state index in [0.29, 0.717) is 5.92 Å². The monoisotopic (exact) mass is 312 g/mol. The zero-order valence-electron chi connectivity index (χ0n) is 13.7. The highest BCUT2D eigenvalue weighted by Crippen LogP contribution is 2.40. The summed E-state index contributed by atoms with van der Waals surface area (Å²) >= 11 is 0. The van der Waals surface area contributed by atoms with Gasteiger partial charge in [0.05, 0.1) is 6.61 Å². The van der Waals surface area contributed by atoms with Crippen molar-refractivity contribution in [3.05, 3.63) is 95.6 Å².